The van der Waals surface area contributed by atoms with Gasteiger partial charge >= 0.3 is 30.8 Å². The maximum Gasteiger partial charge on any atom is 1.00 e. The van der Waals surface area contributed by atoms with E-state index in [1.807, 2.05) is 92.7 Å². The average Bonchev–Trinajstić information content (AvgIpc) is 1.64. The smallest absolute Gasteiger partial charge is 0.870 e. The molecule has 0 unspecified atom stereocenters. The summed E-state index contributed by atoms with van der Waals surface area (Å²) in [7, 11) is 0. The second kappa shape index (κ2) is 35.7. The van der Waals surface area contributed by atoms with E-state index in [1.165, 1.54) is 93.0 Å². The topological polar surface area (TPSA) is 405 Å². The molecule has 3 aliphatic carbocycles. The predicted octanol–water partition coefficient (Wildman–Crippen LogP) is 8.72. The van der Waals surface area contributed by atoms with Crippen LogP contribution >= 0.6 is 35.6 Å². The number of rotatable bonds is 23. The van der Waals surface area contributed by atoms with Gasteiger partial charge in [-0.25, -0.2) is 34.5 Å². The second-order valence-corrected chi connectivity index (χ2v) is 28.2. The molecule has 3 saturated carbocycles. The second-order valence-electron chi connectivity index (χ2n) is 27.3. The SMILES string of the molecule is Cl.NCc1ncn2ccc(Cl)cc12.O=C(NCc1ncn2ccc(Cl)cc12)c1cnn(Cc2cn3cc(C4CC4)cc(Cc4nnco4)c3n2)c1.O=C(O)c1cnn(Cc2cn3cc(C4CC4)cc(Cc4nnco4)c3n2)c1.O=C(OCc1ccccc1)c1cnn(Cc2cn3cc(C4CC4)cc(Cc4nnco4)c3n2)c1.[CH3-].[Li+].[OH-]. The Balaban J connectivity index is 0.000000139. The fraction of sp³-hybridized carbons (Fsp3) is 0.231. The number of benzene rings is 1. The van der Waals surface area contributed by atoms with Crippen LogP contribution in [0.25, 0.3) is 28.0 Å². The molecule has 1 amide bonds. The molecule has 0 aliphatic heterocycles. The van der Waals surface area contributed by atoms with Gasteiger partial charge in [-0.05, 0) is 121 Å². The number of hydrogen-bond donors (Lipinski definition) is 3. The first-order valence-corrected chi connectivity index (χ1v) is 36.5. The van der Waals surface area contributed by atoms with Crippen molar-refractivity contribution in [2.24, 2.45) is 5.73 Å². The van der Waals surface area contributed by atoms with Gasteiger partial charge in [-0.15, -0.1) is 43.0 Å². The van der Waals surface area contributed by atoms with Gasteiger partial charge in [0.2, 0.25) is 36.9 Å². The Labute approximate surface area is 682 Å². The number of aromatic nitrogens is 22. The van der Waals surface area contributed by atoms with Crippen LogP contribution in [0.1, 0.15) is 172 Å². The van der Waals surface area contributed by atoms with Gasteiger partial charge in [0, 0.05) is 101 Å². The molecule has 5 N–H and O–H groups in total. The summed E-state index contributed by atoms with van der Waals surface area (Å²) in [6.07, 6.45) is 41.7. The normalized spacial score (nSPS) is 12.9. The zero-order chi connectivity index (χ0) is 75.5. The van der Waals surface area contributed by atoms with Crippen molar-refractivity contribution in [3.63, 3.8) is 0 Å². The number of aromatic carboxylic acids is 1. The van der Waals surface area contributed by atoms with Crippen LogP contribution in [0.5, 0.6) is 0 Å². The Morgan fingerprint density at radius 1 is 0.530 bits per heavy atom. The van der Waals surface area contributed by atoms with Crippen molar-refractivity contribution in [2.45, 2.75) is 115 Å². The van der Waals surface area contributed by atoms with Crippen LogP contribution in [0.3, 0.4) is 0 Å². The van der Waals surface area contributed by atoms with Crippen LogP contribution in [-0.4, -0.2) is 135 Å². The molecule has 0 saturated heterocycles. The number of amides is 1. The quantitative estimate of drug-likeness (QED) is 0.0306. The Kier molecular flexibility index (Phi) is 25.0. The third-order valence-corrected chi connectivity index (χ3v) is 19.6. The largest absolute Gasteiger partial charge is 1.00 e. The van der Waals surface area contributed by atoms with Crippen LogP contribution in [0.4, 0.5) is 0 Å². The molecule has 0 spiro atoms. The molecule has 20 rings (SSSR count). The molecule has 16 heterocycles. The van der Waals surface area contributed by atoms with E-state index < -0.39 is 11.9 Å². The van der Waals surface area contributed by atoms with Gasteiger partial charge in [0.05, 0.1) is 133 Å². The molecule has 1 aromatic carbocycles. The van der Waals surface area contributed by atoms with E-state index in [9.17, 15) is 14.4 Å². The molecule has 582 valence electrons. The van der Waals surface area contributed by atoms with Crippen LogP contribution < -0.4 is 29.9 Å². The van der Waals surface area contributed by atoms with E-state index in [-0.39, 0.29) is 68.8 Å². The number of nitrogens with two attached hydrogens (primary N) is 1. The first-order valence-electron chi connectivity index (χ1n) is 35.8. The number of pyridine rings is 5. The Morgan fingerprint density at radius 3 is 1.35 bits per heavy atom. The van der Waals surface area contributed by atoms with Gasteiger partial charge in [0.15, 0.2) is 0 Å². The van der Waals surface area contributed by atoms with Crippen LogP contribution in [-0.2, 0) is 63.3 Å². The zero-order valence-electron chi connectivity index (χ0n) is 62.1. The minimum Gasteiger partial charge on any atom is -0.870 e. The summed E-state index contributed by atoms with van der Waals surface area (Å²) in [5, 5.41) is 49.4. The third-order valence-electron chi connectivity index (χ3n) is 19.1. The van der Waals surface area contributed by atoms with Gasteiger partial charge in [0.25, 0.3) is 5.91 Å². The Hall–Kier alpha value is -12.5. The zero-order valence-corrected chi connectivity index (χ0v) is 64.4. The van der Waals surface area contributed by atoms with E-state index in [0.29, 0.717) is 102 Å². The summed E-state index contributed by atoms with van der Waals surface area (Å²) in [5.41, 5.74) is 22.9. The number of fused-ring (bicyclic) bond motifs is 5. The molecule has 115 heavy (non-hydrogen) atoms. The summed E-state index contributed by atoms with van der Waals surface area (Å²) >= 11 is 11.9. The van der Waals surface area contributed by atoms with Crippen molar-refractivity contribution < 1.29 is 61.8 Å². The summed E-state index contributed by atoms with van der Waals surface area (Å²) in [6.45, 7) is 2.21. The summed E-state index contributed by atoms with van der Waals surface area (Å²) in [5.74, 6) is 1.84. The van der Waals surface area contributed by atoms with Crippen LogP contribution in [0.15, 0.2) is 205 Å². The number of carboxylic acids is 1. The summed E-state index contributed by atoms with van der Waals surface area (Å²) < 4.78 is 36.3. The number of carboxylic acid groups (broad SMARTS) is 1. The standard InChI is InChI=1S/C26H22ClN9O2.C25H22N6O3.C18H16N6O3.C8H8ClN3.CH3.ClH.Li.H2O/c27-20-3-4-34-14-29-22(23(34)7-20)9-28-26(37)19-8-31-36(11-19)13-21-12-35-10-18(16-1-2-16)5-17(25(35)32-21)6-24-33-30-15-38-24;32-25(33-15-17-4-2-1-3-5-17)21-10-27-31(12-21)14-22-13-30-11-20(18-6-7-18)8-19(24(30)28-22)9-23-29-26-16-34-23;25-18(26)14-5-20-24(7-14)9-15-8-23-6-13(11-1-2-11)3-12(17(23)21-15)4-16-22-19-10-27-16;9-6-1-2-12-5-11-7(4-10)8(12)3-6;;;;/h3-5,7-8,10-12,14-16H,1-2,6,9,13H2,(H,28,37);1-5,8,10-13,16,18H,6-7,9,14-15H2;3,5-8,10-11H,1-2,4,9H2,(H,25,26);1-3,5H,4,10H2;1H3;1H;;1H2/q;;;;-1;;+1;/p-1. The molecule has 16 aromatic heterocycles. The van der Waals surface area contributed by atoms with Crippen molar-refractivity contribution >= 4 is 81.4 Å². The molecular weight excluding hydrogens is 1530 g/mol. The first kappa shape index (κ1) is 80.6. The van der Waals surface area contributed by atoms with E-state index in [0.717, 1.165) is 78.7 Å². The minimum atomic E-state index is -0.993. The fourth-order valence-corrected chi connectivity index (χ4v) is 13.5. The Bertz CT molecular complexity index is 6180. The van der Waals surface area contributed by atoms with Crippen LogP contribution in [0.2, 0.25) is 10.0 Å². The van der Waals surface area contributed by atoms with Gasteiger partial charge in [0.1, 0.15) is 23.5 Å². The van der Waals surface area contributed by atoms with Crippen molar-refractivity contribution in [1.29, 1.82) is 0 Å². The number of nitrogens with one attached hydrogen (secondary N) is 1. The van der Waals surface area contributed by atoms with E-state index >= 15 is 0 Å². The number of nitrogens with zero attached hydrogens (tertiary/aromatic N) is 22. The molecule has 37 heteroatoms. The molecule has 0 bridgehead atoms. The van der Waals surface area contributed by atoms with E-state index in [1.54, 1.807) is 51.4 Å². The molecule has 3 fully saturated rings. The molecule has 33 nitrogen and oxygen atoms in total. The van der Waals surface area contributed by atoms with Gasteiger partial charge < -0.3 is 69.1 Å². The number of hydrogen-bond acceptors (Lipinski definition) is 23. The molecule has 0 atom stereocenters. The number of halogens is 3. The van der Waals surface area contributed by atoms with Crippen LogP contribution in [0, 0.1) is 7.43 Å². The Morgan fingerprint density at radius 2 is 0.939 bits per heavy atom. The maximum atomic E-state index is 12.8. The fourth-order valence-electron chi connectivity index (χ4n) is 13.2. The van der Waals surface area contributed by atoms with E-state index in [2.05, 4.69) is 107 Å². The van der Waals surface area contributed by atoms with Crippen molar-refractivity contribution in [3.8, 4) is 0 Å². The van der Waals surface area contributed by atoms with Gasteiger partial charge in [-0.1, -0.05) is 53.5 Å². The number of carbonyl (C=O) groups excluding carboxylic acids is 2. The monoisotopic (exact) mass is 1600 g/mol. The third kappa shape index (κ3) is 19.3. The molecule has 0 radical (unpaired) electrons. The number of imidazole rings is 5. The summed E-state index contributed by atoms with van der Waals surface area (Å²) in [6, 6.07) is 23.4. The van der Waals surface area contributed by atoms with Gasteiger partial charge in [-0.2, -0.15) is 15.3 Å². The van der Waals surface area contributed by atoms with E-state index in [4.69, 9.17) is 67.0 Å². The van der Waals surface area contributed by atoms with Gasteiger partial charge in [-0.3, -0.25) is 18.8 Å². The maximum absolute atomic E-state index is 12.8. The molecule has 17 aromatic rings. The average molecular weight is 1600 g/mol. The number of carbonyl (C=O) groups is 3. The number of ether oxygens (including phenoxy) is 1. The number of esters is 1. The molecule has 3 aliphatic rings. The van der Waals surface area contributed by atoms with Crippen molar-refractivity contribution in [2.75, 3.05) is 0 Å². The summed E-state index contributed by atoms with van der Waals surface area (Å²) in [4.78, 5) is 59.2. The molecular formula is C78H73Cl3LiN24O9-. The predicted molar refractivity (Wildman–Crippen MR) is 414 cm³/mol. The van der Waals surface area contributed by atoms with Crippen molar-refractivity contribution in [3.05, 3.63) is 311 Å². The first-order chi connectivity index (χ1) is 54.3. The minimum absolute atomic E-state index is 0. The van der Waals surface area contributed by atoms with Crippen molar-refractivity contribution in [1.82, 2.24) is 112 Å².